The molecule has 0 bridgehead atoms. The Bertz CT molecular complexity index is 558. The Labute approximate surface area is 109 Å². The summed E-state index contributed by atoms with van der Waals surface area (Å²) in [5.74, 6) is 1.09. The van der Waals surface area contributed by atoms with Crippen molar-refractivity contribution in [1.29, 1.82) is 0 Å². The van der Waals surface area contributed by atoms with Gasteiger partial charge in [0.05, 0.1) is 16.4 Å². The summed E-state index contributed by atoms with van der Waals surface area (Å²) in [6, 6.07) is 10.0. The Morgan fingerprint density at radius 3 is 2.29 bits per heavy atom. The molecule has 0 aliphatic carbocycles. The Hall–Kier alpha value is -1.58. The maximum Gasteiger partial charge on any atom is 0.150 e. The Balaban J connectivity index is 2.28. The molecule has 0 aliphatic heterocycles. The molecule has 0 spiro atoms. The maximum absolute atomic E-state index is 5.81. The van der Waals surface area contributed by atoms with Crippen LogP contribution < -0.4 is 16.2 Å². The summed E-state index contributed by atoms with van der Waals surface area (Å²) in [5.41, 5.74) is 12.4. The second-order valence-electron chi connectivity index (χ2n) is 3.47. The van der Waals surface area contributed by atoms with E-state index in [4.69, 9.17) is 39.4 Å². The first kappa shape index (κ1) is 11.9. The van der Waals surface area contributed by atoms with E-state index in [1.165, 1.54) is 0 Å². The molecular formula is C12H10Cl2N2O. The molecule has 0 saturated carbocycles. The fraction of sp³-hybridized carbons (Fsp3) is 0. The molecule has 0 saturated heterocycles. The Kier molecular flexibility index (Phi) is 3.31. The number of ether oxygens (including phenoxy) is 1. The van der Waals surface area contributed by atoms with Gasteiger partial charge in [0.15, 0.2) is 0 Å². The third kappa shape index (κ3) is 2.75. The molecule has 5 heteroatoms. The zero-order valence-electron chi connectivity index (χ0n) is 8.78. The highest BCUT2D eigenvalue weighted by molar-refractivity contribution is 6.33. The standard InChI is InChI=1S/C12H10Cl2N2O/c13-7-1-4-12(11(16)5-7)17-8-2-3-9(14)10(15)6-8/h1-6H,15-16H2. The number of anilines is 2. The minimum atomic E-state index is 0.455. The highest BCUT2D eigenvalue weighted by atomic mass is 35.5. The molecule has 0 aromatic heterocycles. The van der Waals surface area contributed by atoms with E-state index >= 15 is 0 Å². The van der Waals surface area contributed by atoms with Gasteiger partial charge in [0.2, 0.25) is 0 Å². The van der Waals surface area contributed by atoms with E-state index in [2.05, 4.69) is 0 Å². The van der Waals surface area contributed by atoms with Crippen LogP contribution in [-0.4, -0.2) is 0 Å². The number of hydrogen-bond donors (Lipinski definition) is 2. The fourth-order valence-corrected chi connectivity index (χ4v) is 1.62. The van der Waals surface area contributed by atoms with Crippen molar-refractivity contribution in [3.8, 4) is 11.5 Å². The number of rotatable bonds is 2. The molecule has 2 aromatic carbocycles. The first-order chi connectivity index (χ1) is 8.06. The van der Waals surface area contributed by atoms with E-state index in [1.54, 1.807) is 36.4 Å². The van der Waals surface area contributed by atoms with Gasteiger partial charge in [-0.05, 0) is 30.3 Å². The second-order valence-corrected chi connectivity index (χ2v) is 4.31. The molecule has 0 aliphatic rings. The van der Waals surface area contributed by atoms with Crippen molar-refractivity contribution in [2.45, 2.75) is 0 Å². The number of benzene rings is 2. The first-order valence-electron chi connectivity index (χ1n) is 4.84. The van der Waals surface area contributed by atoms with Crippen LogP contribution in [0.25, 0.3) is 0 Å². The normalized spacial score (nSPS) is 10.2. The number of nitrogen functional groups attached to an aromatic ring is 2. The van der Waals surface area contributed by atoms with Crippen LogP contribution in [-0.2, 0) is 0 Å². The van der Waals surface area contributed by atoms with Crippen LogP contribution >= 0.6 is 23.2 Å². The van der Waals surface area contributed by atoms with Gasteiger partial charge in [0, 0.05) is 11.1 Å². The van der Waals surface area contributed by atoms with Gasteiger partial charge in [-0.1, -0.05) is 23.2 Å². The molecule has 0 atom stereocenters. The van der Waals surface area contributed by atoms with Gasteiger partial charge in [0.25, 0.3) is 0 Å². The van der Waals surface area contributed by atoms with E-state index in [9.17, 15) is 0 Å². The molecule has 0 heterocycles. The predicted molar refractivity (Wildman–Crippen MR) is 71.8 cm³/mol. The number of halogens is 2. The Morgan fingerprint density at radius 1 is 0.882 bits per heavy atom. The minimum Gasteiger partial charge on any atom is -0.455 e. The van der Waals surface area contributed by atoms with Crippen molar-refractivity contribution in [1.82, 2.24) is 0 Å². The lowest BCUT2D eigenvalue weighted by atomic mass is 10.3. The molecular weight excluding hydrogens is 259 g/mol. The maximum atomic E-state index is 5.81. The van der Waals surface area contributed by atoms with Crippen LogP contribution in [0.15, 0.2) is 36.4 Å². The number of hydrogen-bond acceptors (Lipinski definition) is 3. The van der Waals surface area contributed by atoms with Gasteiger partial charge < -0.3 is 16.2 Å². The molecule has 0 radical (unpaired) electrons. The molecule has 0 amide bonds. The van der Waals surface area contributed by atoms with Gasteiger partial charge in [-0.2, -0.15) is 0 Å². The summed E-state index contributed by atoms with van der Waals surface area (Å²) >= 11 is 11.6. The van der Waals surface area contributed by atoms with E-state index < -0.39 is 0 Å². The van der Waals surface area contributed by atoms with E-state index in [0.717, 1.165) is 0 Å². The van der Waals surface area contributed by atoms with Gasteiger partial charge in [0.1, 0.15) is 11.5 Å². The topological polar surface area (TPSA) is 61.3 Å². The molecule has 88 valence electrons. The van der Waals surface area contributed by atoms with E-state index in [-0.39, 0.29) is 0 Å². The van der Waals surface area contributed by atoms with Crippen molar-refractivity contribution in [2.75, 3.05) is 11.5 Å². The summed E-state index contributed by atoms with van der Waals surface area (Å²) in [4.78, 5) is 0. The van der Waals surface area contributed by atoms with Gasteiger partial charge in [-0.3, -0.25) is 0 Å². The van der Waals surface area contributed by atoms with Crippen LogP contribution in [0.4, 0.5) is 11.4 Å². The fourth-order valence-electron chi connectivity index (χ4n) is 1.32. The van der Waals surface area contributed by atoms with Crippen molar-refractivity contribution < 1.29 is 4.74 Å². The monoisotopic (exact) mass is 268 g/mol. The summed E-state index contributed by atoms with van der Waals surface area (Å²) in [5, 5.41) is 1.05. The lowest BCUT2D eigenvalue weighted by molar-refractivity contribution is 0.485. The number of nitrogens with two attached hydrogens (primary N) is 2. The van der Waals surface area contributed by atoms with E-state index in [0.29, 0.717) is 32.9 Å². The van der Waals surface area contributed by atoms with Crippen molar-refractivity contribution in [3.63, 3.8) is 0 Å². The molecule has 2 rings (SSSR count). The van der Waals surface area contributed by atoms with Crippen molar-refractivity contribution >= 4 is 34.6 Å². The molecule has 3 nitrogen and oxygen atoms in total. The zero-order valence-corrected chi connectivity index (χ0v) is 10.3. The van der Waals surface area contributed by atoms with Crippen molar-refractivity contribution in [2.24, 2.45) is 0 Å². The molecule has 0 unspecified atom stereocenters. The van der Waals surface area contributed by atoms with Crippen molar-refractivity contribution in [3.05, 3.63) is 46.4 Å². The Morgan fingerprint density at radius 2 is 1.65 bits per heavy atom. The third-order valence-corrected chi connectivity index (χ3v) is 2.75. The SMILES string of the molecule is Nc1cc(Oc2ccc(Cl)cc2N)ccc1Cl. The molecule has 2 aromatic rings. The average molecular weight is 269 g/mol. The molecule has 4 N–H and O–H groups in total. The summed E-state index contributed by atoms with van der Waals surface area (Å²) in [7, 11) is 0. The smallest absolute Gasteiger partial charge is 0.150 e. The second kappa shape index (κ2) is 4.73. The quantitative estimate of drug-likeness (QED) is 0.811. The van der Waals surface area contributed by atoms with Crippen LogP contribution in [0, 0.1) is 0 Å². The predicted octanol–water partition coefficient (Wildman–Crippen LogP) is 3.95. The summed E-state index contributed by atoms with van der Waals surface area (Å²) in [6.45, 7) is 0. The average Bonchev–Trinajstić information content (AvgIpc) is 2.27. The van der Waals surface area contributed by atoms with Crippen LogP contribution in [0.2, 0.25) is 10.0 Å². The zero-order chi connectivity index (χ0) is 12.4. The van der Waals surface area contributed by atoms with Crippen LogP contribution in [0.1, 0.15) is 0 Å². The summed E-state index contributed by atoms with van der Waals surface area (Å²) in [6.07, 6.45) is 0. The lowest BCUT2D eigenvalue weighted by Gasteiger charge is -2.09. The van der Waals surface area contributed by atoms with Gasteiger partial charge in [-0.15, -0.1) is 0 Å². The minimum absolute atomic E-state index is 0.455. The summed E-state index contributed by atoms with van der Waals surface area (Å²) < 4.78 is 5.58. The third-order valence-electron chi connectivity index (χ3n) is 2.17. The highest BCUT2D eigenvalue weighted by Gasteiger charge is 2.04. The lowest BCUT2D eigenvalue weighted by Crippen LogP contribution is -1.93. The van der Waals surface area contributed by atoms with Crippen LogP contribution in [0.3, 0.4) is 0 Å². The molecule has 17 heavy (non-hydrogen) atoms. The largest absolute Gasteiger partial charge is 0.455 e. The van der Waals surface area contributed by atoms with Crippen LogP contribution in [0.5, 0.6) is 11.5 Å². The van der Waals surface area contributed by atoms with E-state index in [1.807, 2.05) is 0 Å². The highest BCUT2D eigenvalue weighted by Crippen LogP contribution is 2.32. The first-order valence-corrected chi connectivity index (χ1v) is 5.60. The molecule has 0 fully saturated rings. The van der Waals surface area contributed by atoms with Gasteiger partial charge in [-0.25, -0.2) is 0 Å². The van der Waals surface area contributed by atoms with Gasteiger partial charge >= 0.3 is 0 Å².